The molecule has 5 nitrogen and oxygen atoms in total. The minimum atomic E-state index is -0.373. The largest absolute Gasteiger partial charge is 0.385 e. The smallest absolute Gasteiger partial charge is 0.257 e. The van der Waals surface area contributed by atoms with Gasteiger partial charge in [-0.15, -0.1) is 0 Å². The number of aromatic nitrogens is 1. The maximum atomic E-state index is 13.5. The van der Waals surface area contributed by atoms with Crippen LogP contribution < -0.4 is 16.0 Å². The minimum absolute atomic E-state index is 0.249. The van der Waals surface area contributed by atoms with Gasteiger partial charge in [0, 0.05) is 53.7 Å². The summed E-state index contributed by atoms with van der Waals surface area (Å²) in [4.78, 5) is 16.4. The number of amides is 1. The second-order valence-electron chi connectivity index (χ2n) is 6.42. The summed E-state index contributed by atoms with van der Waals surface area (Å²) >= 11 is 0. The second kappa shape index (κ2) is 7.92. The molecule has 0 radical (unpaired) electrons. The van der Waals surface area contributed by atoms with Crippen LogP contribution >= 0.6 is 0 Å². The van der Waals surface area contributed by atoms with Gasteiger partial charge in [0.25, 0.3) is 5.91 Å². The first-order valence-electron chi connectivity index (χ1n) is 9.01. The lowest BCUT2D eigenvalue weighted by Crippen LogP contribution is -2.06. The Kier molecular flexibility index (Phi) is 5.01. The van der Waals surface area contributed by atoms with E-state index in [4.69, 9.17) is 0 Å². The highest BCUT2D eigenvalue weighted by molar-refractivity contribution is 6.31. The average Bonchev–Trinajstić information content (AvgIpc) is 3.02. The number of halogens is 1. The Bertz CT molecular complexity index is 1020. The Balaban J connectivity index is 1.37. The highest BCUT2D eigenvalue weighted by Crippen LogP contribution is 2.32. The predicted octanol–water partition coefficient (Wildman–Crippen LogP) is 4.28. The van der Waals surface area contributed by atoms with Crippen molar-refractivity contribution in [3.8, 4) is 0 Å². The summed E-state index contributed by atoms with van der Waals surface area (Å²) in [5.41, 5.74) is 4.47. The first-order valence-corrected chi connectivity index (χ1v) is 9.01. The molecule has 0 atom stereocenters. The zero-order chi connectivity index (χ0) is 19.3. The average molecular weight is 374 g/mol. The monoisotopic (exact) mass is 374 g/mol. The van der Waals surface area contributed by atoms with Gasteiger partial charge in [0.2, 0.25) is 0 Å². The molecular formula is C22H19FN4O. The maximum absolute atomic E-state index is 13.5. The highest BCUT2D eigenvalue weighted by Gasteiger charge is 2.24. The van der Waals surface area contributed by atoms with Crippen molar-refractivity contribution in [2.24, 2.45) is 0 Å². The van der Waals surface area contributed by atoms with Crippen LogP contribution in [0.5, 0.6) is 0 Å². The number of anilines is 3. The maximum Gasteiger partial charge on any atom is 0.257 e. The number of pyridine rings is 1. The van der Waals surface area contributed by atoms with Crippen LogP contribution in [0.2, 0.25) is 0 Å². The zero-order valence-electron chi connectivity index (χ0n) is 15.1. The van der Waals surface area contributed by atoms with Gasteiger partial charge in [-0.05, 0) is 54.6 Å². The number of benzene rings is 2. The van der Waals surface area contributed by atoms with E-state index < -0.39 is 0 Å². The number of carbonyl (C=O) groups excluding carboxylic acids is 1. The van der Waals surface area contributed by atoms with E-state index >= 15 is 0 Å². The molecule has 0 fully saturated rings. The Hall–Kier alpha value is -3.67. The van der Waals surface area contributed by atoms with Gasteiger partial charge in [-0.25, -0.2) is 4.39 Å². The van der Waals surface area contributed by atoms with Crippen LogP contribution in [0.15, 0.2) is 73.1 Å². The van der Waals surface area contributed by atoms with Gasteiger partial charge in [-0.1, -0.05) is 6.07 Å². The molecule has 0 saturated heterocycles. The van der Waals surface area contributed by atoms with E-state index in [1.807, 2.05) is 42.5 Å². The lowest BCUT2D eigenvalue weighted by atomic mass is 10.1. The van der Waals surface area contributed by atoms with E-state index in [0.29, 0.717) is 16.8 Å². The molecule has 2 aromatic carbocycles. The minimum Gasteiger partial charge on any atom is -0.385 e. The van der Waals surface area contributed by atoms with Crippen molar-refractivity contribution in [2.45, 2.75) is 6.42 Å². The Labute approximate surface area is 162 Å². The summed E-state index contributed by atoms with van der Waals surface area (Å²) in [6.07, 6.45) is 4.24. The lowest BCUT2D eigenvalue weighted by Gasteiger charge is -2.08. The number of nitrogens with one attached hydrogen (secondary N) is 3. The van der Waals surface area contributed by atoms with Gasteiger partial charge in [-0.2, -0.15) is 0 Å². The standard InChI is InChI=1S/C22H19FN4O/c23-15-4-9-21-19(13-15)20(22(28)27-21)14-26-18-7-5-17(6-8-18)25-12-10-16-3-1-2-11-24-16/h1-9,11,13-14,25-26H,10,12H2,(H,27,28)/b20-14+. The summed E-state index contributed by atoms with van der Waals surface area (Å²) in [5.74, 6) is -0.622. The van der Waals surface area contributed by atoms with E-state index in [2.05, 4.69) is 20.9 Å². The first kappa shape index (κ1) is 17.7. The van der Waals surface area contributed by atoms with Gasteiger partial charge in [-0.3, -0.25) is 9.78 Å². The number of nitrogens with zero attached hydrogens (tertiary/aromatic N) is 1. The van der Waals surface area contributed by atoms with Crippen LogP contribution in [0.4, 0.5) is 21.5 Å². The van der Waals surface area contributed by atoms with Gasteiger partial charge >= 0.3 is 0 Å². The molecule has 1 aliphatic rings. The third-order valence-electron chi connectivity index (χ3n) is 4.47. The Morgan fingerprint density at radius 3 is 2.64 bits per heavy atom. The molecule has 6 heteroatoms. The number of rotatable bonds is 6. The molecule has 0 bridgehead atoms. The van der Waals surface area contributed by atoms with E-state index in [1.165, 1.54) is 12.1 Å². The lowest BCUT2D eigenvalue weighted by molar-refractivity contribution is -0.110. The Morgan fingerprint density at radius 1 is 1.04 bits per heavy atom. The topological polar surface area (TPSA) is 66.1 Å². The van der Waals surface area contributed by atoms with Crippen LogP contribution in [-0.2, 0) is 11.2 Å². The summed E-state index contributed by atoms with van der Waals surface area (Å²) < 4.78 is 13.5. The van der Waals surface area contributed by atoms with Crippen molar-refractivity contribution in [1.29, 1.82) is 0 Å². The highest BCUT2D eigenvalue weighted by atomic mass is 19.1. The molecule has 1 aliphatic heterocycles. The number of fused-ring (bicyclic) bond motifs is 1. The fraction of sp³-hybridized carbons (Fsp3) is 0.0909. The number of carbonyl (C=O) groups is 1. The third kappa shape index (κ3) is 4.01. The summed E-state index contributed by atoms with van der Waals surface area (Å²) in [7, 11) is 0. The van der Waals surface area contributed by atoms with Crippen molar-refractivity contribution in [3.63, 3.8) is 0 Å². The van der Waals surface area contributed by atoms with Crippen LogP contribution in [0.3, 0.4) is 0 Å². The molecule has 3 aromatic rings. The number of hydrogen-bond donors (Lipinski definition) is 3. The predicted molar refractivity (Wildman–Crippen MR) is 110 cm³/mol. The molecule has 4 rings (SSSR count). The van der Waals surface area contributed by atoms with Crippen molar-refractivity contribution < 1.29 is 9.18 Å². The molecule has 1 aromatic heterocycles. The van der Waals surface area contributed by atoms with Crippen molar-refractivity contribution in [2.75, 3.05) is 22.5 Å². The van der Waals surface area contributed by atoms with Crippen LogP contribution in [0, 0.1) is 5.82 Å². The fourth-order valence-electron chi connectivity index (χ4n) is 3.02. The molecule has 0 spiro atoms. The van der Waals surface area contributed by atoms with Crippen LogP contribution in [-0.4, -0.2) is 17.4 Å². The van der Waals surface area contributed by atoms with Gasteiger partial charge in [0.15, 0.2) is 0 Å². The summed E-state index contributed by atoms with van der Waals surface area (Å²) in [5, 5.41) is 9.19. The SMILES string of the molecule is O=C1Nc2ccc(F)cc2/C1=C\Nc1ccc(NCCc2ccccn2)cc1. The Morgan fingerprint density at radius 2 is 1.86 bits per heavy atom. The van der Waals surface area contributed by atoms with Gasteiger partial charge in [0.1, 0.15) is 5.82 Å². The van der Waals surface area contributed by atoms with Crippen molar-refractivity contribution >= 4 is 28.5 Å². The van der Waals surface area contributed by atoms with E-state index in [-0.39, 0.29) is 11.7 Å². The van der Waals surface area contributed by atoms with Crippen molar-refractivity contribution in [1.82, 2.24) is 4.98 Å². The normalized spacial score (nSPS) is 13.9. The molecule has 3 N–H and O–H groups in total. The van der Waals surface area contributed by atoms with Crippen LogP contribution in [0.1, 0.15) is 11.3 Å². The first-order chi connectivity index (χ1) is 13.7. The quantitative estimate of drug-likeness (QED) is 0.564. The zero-order valence-corrected chi connectivity index (χ0v) is 15.1. The molecule has 28 heavy (non-hydrogen) atoms. The van der Waals surface area contributed by atoms with Crippen LogP contribution in [0.25, 0.3) is 5.57 Å². The van der Waals surface area contributed by atoms with Gasteiger partial charge in [0.05, 0.1) is 5.57 Å². The van der Waals surface area contributed by atoms with E-state index in [9.17, 15) is 9.18 Å². The summed E-state index contributed by atoms with van der Waals surface area (Å²) in [6, 6.07) is 17.9. The fourth-order valence-corrected chi connectivity index (χ4v) is 3.02. The summed E-state index contributed by atoms with van der Waals surface area (Å²) in [6.45, 7) is 0.788. The molecule has 0 unspecified atom stereocenters. The van der Waals surface area contributed by atoms with E-state index in [1.54, 1.807) is 18.5 Å². The molecule has 0 aliphatic carbocycles. The molecular weight excluding hydrogens is 355 g/mol. The van der Waals surface area contributed by atoms with E-state index in [0.717, 1.165) is 30.0 Å². The van der Waals surface area contributed by atoms with Gasteiger partial charge < -0.3 is 16.0 Å². The molecule has 140 valence electrons. The molecule has 0 saturated carbocycles. The van der Waals surface area contributed by atoms with Crippen molar-refractivity contribution in [3.05, 3.63) is 90.1 Å². The molecule has 2 heterocycles. The molecule has 1 amide bonds. The number of hydrogen-bond acceptors (Lipinski definition) is 4. The second-order valence-corrected chi connectivity index (χ2v) is 6.42. The third-order valence-corrected chi connectivity index (χ3v) is 4.47.